The van der Waals surface area contributed by atoms with E-state index >= 15 is 0 Å². The zero-order valence-electron chi connectivity index (χ0n) is 7.59. The third-order valence-corrected chi connectivity index (χ3v) is 2.58. The fraction of sp³-hybridized carbons (Fsp3) is 0.400. The molecule has 1 nitrogen and oxygen atoms in total. The number of halogens is 1. The van der Waals surface area contributed by atoms with Gasteiger partial charge in [-0.1, -0.05) is 6.07 Å². The molecule has 0 aliphatic rings. The highest BCUT2D eigenvalue weighted by Gasteiger charge is 1.99. The van der Waals surface area contributed by atoms with Crippen LogP contribution in [0.15, 0.2) is 22.7 Å². The summed E-state index contributed by atoms with van der Waals surface area (Å²) in [5, 5.41) is 0. The molecule has 0 bridgehead atoms. The summed E-state index contributed by atoms with van der Waals surface area (Å²) in [6.45, 7) is 2.79. The quantitative estimate of drug-likeness (QED) is 0.645. The summed E-state index contributed by atoms with van der Waals surface area (Å²) < 4.78 is 6.56. The molecule has 0 radical (unpaired) electrons. The smallest absolute Gasteiger partial charge is 0.133 e. The number of hydrogen-bond donors (Lipinski definition) is 1. The lowest BCUT2D eigenvalue weighted by Gasteiger charge is -2.07. The maximum absolute atomic E-state index is 5.54. The van der Waals surface area contributed by atoms with Crippen molar-refractivity contribution in [3.05, 3.63) is 28.2 Å². The predicted molar refractivity (Wildman–Crippen MR) is 62.8 cm³/mol. The SMILES string of the molecule is Cc1ccc(OCCCS)c(Br)c1. The van der Waals surface area contributed by atoms with Gasteiger partial charge < -0.3 is 4.74 Å². The van der Waals surface area contributed by atoms with Gasteiger partial charge >= 0.3 is 0 Å². The van der Waals surface area contributed by atoms with E-state index in [-0.39, 0.29) is 0 Å². The van der Waals surface area contributed by atoms with Crippen molar-refractivity contribution < 1.29 is 4.74 Å². The number of rotatable bonds is 4. The maximum atomic E-state index is 5.54. The minimum atomic E-state index is 0.727. The lowest BCUT2D eigenvalue weighted by Crippen LogP contribution is -1.98. The lowest BCUT2D eigenvalue weighted by molar-refractivity contribution is 0.317. The Morgan fingerprint density at radius 2 is 2.23 bits per heavy atom. The van der Waals surface area contributed by atoms with Crippen LogP contribution in [0.25, 0.3) is 0 Å². The van der Waals surface area contributed by atoms with Crippen LogP contribution in [-0.2, 0) is 0 Å². The Bertz CT molecular complexity index is 276. The third-order valence-electron chi connectivity index (χ3n) is 1.65. The lowest BCUT2D eigenvalue weighted by atomic mass is 10.2. The van der Waals surface area contributed by atoms with Crippen LogP contribution in [0.1, 0.15) is 12.0 Å². The first-order valence-corrected chi connectivity index (χ1v) is 5.66. The Balaban J connectivity index is 2.56. The molecule has 72 valence electrons. The molecule has 0 unspecified atom stereocenters. The molecule has 13 heavy (non-hydrogen) atoms. The van der Waals surface area contributed by atoms with Crippen LogP contribution in [0.4, 0.5) is 0 Å². The summed E-state index contributed by atoms with van der Waals surface area (Å²) in [4.78, 5) is 0. The topological polar surface area (TPSA) is 9.23 Å². The van der Waals surface area contributed by atoms with Gasteiger partial charge in [0, 0.05) is 0 Å². The van der Waals surface area contributed by atoms with E-state index in [1.807, 2.05) is 12.1 Å². The highest BCUT2D eigenvalue weighted by Crippen LogP contribution is 2.25. The molecule has 0 spiro atoms. The minimum Gasteiger partial charge on any atom is -0.492 e. The van der Waals surface area contributed by atoms with Gasteiger partial charge in [0.2, 0.25) is 0 Å². The van der Waals surface area contributed by atoms with Crippen LogP contribution >= 0.6 is 28.6 Å². The van der Waals surface area contributed by atoms with Crippen LogP contribution in [0.2, 0.25) is 0 Å². The average molecular weight is 261 g/mol. The van der Waals surface area contributed by atoms with Gasteiger partial charge in [-0.2, -0.15) is 12.6 Å². The molecule has 0 amide bonds. The molecule has 0 N–H and O–H groups in total. The van der Waals surface area contributed by atoms with Gasteiger partial charge in [0.15, 0.2) is 0 Å². The molecule has 1 rings (SSSR count). The Hall–Kier alpha value is -0.150. The fourth-order valence-electron chi connectivity index (χ4n) is 0.970. The third kappa shape index (κ3) is 3.61. The van der Waals surface area contributed by atoms with Gasteiger partial charge in [-0.05, 0) is 52.7 Å². The summed E-state index contributed by atoms with van der Waals surface area (Å²) in [5.41, 5.74) is 1.23. The second kappa shape index (κ2) is 5.55. The zero-order chi connectivity index (χ0) is 9.68. The molecule has 0 aromatic heterocycles. The molecule has 0 saturated heterocycles. The first kappa shape index (κ1) is 10.9. The first-order valence-electron chi connectivity index (χ1n) is 4.24. The molecule has 0 aliphatic heterocycles. The molecular weight excluding hydrogens is 248 g/mol. The summed E-state index contributed by atoms with van der Waals surface area (Å²) in [6, 6.07) is 6.08. The fourth-order valence-corrected chi connectivity index (χ4v) is 1.71. The zero-order valence-corrected chi connectivity index (χ0v) is 10.1. The van der Waals surface area contributed by atoms with E-state index in [0.29, 0.717) is 0 Å². The van der Waals surface area contributed by atoms with Crippen LogP contribution in [-0.4, -0.2) is 12.4 Å². The van der Waals surface area contributed by atoms with Crippen molar-refractivity contribution in [3.8, 4) is 5.75 Å². The number of hydrogen-bond acceptors (Lipinski definition) is 2. The highest BCUT2D eigenvalue weighted by molar-refractivity contribution is 9.10. The average Bonchev–Trinajstić information content (AvgIpc) is 2.09. The van der Waals surface area contributed by atoms with Crippen LogP contribution in [0.5, 0.6) is 5.75 Å². The van der Waals surface area contributed by atoms with Crippen molar-refractivity contribution >= 4 is 28.6 Å². The van der Waals surface area contributed by atoms with Gasteiger partial charge in [-0.3, -0.25) is 0 Å². The Morgan fingerprint density at radius 3 is 2.85 bits per heavy atom. The van der Waals surface area contributed by atoms with Gasteiger partial charge in [-0.25, -0.2) is 0 Å². The standard InChI is InChI=1S/C10H13BrOS/c1-8-3-4-10(9(11)7-8)12-5-2-6-13/h3-4,7,13H,2,5-6H2,1H3. The van der Waals surface area contributed by atoms with Crippen molar-refractivity contribution in [3.63, 3.8) is 0 Å². The molecule has 1 aromatic rings. The molecule has 0 aliphatic carbocycles. The first-order chi connectivity index (χ1) is 6.24. The van der Waals surface area contributed by atoms with E-state index < -0.39 is 0 Å². The van der Waals surface area contributed by atoms with Crippen LogP contribution < -0.4 is 4.74 Å². The maximum Gasteiger partial charge on any atom is 0.133 e. The Morgan fingerprint density at radius 1 is 1.46 bits per heavy atom. The van der Waals surface area contributed by atoms with E-state index in [2.05, 4.69) is 41.5 Å². The van der Waals surface area contributed by atoms with Gasteiger partial charge in [0.1, 0.15) is 5.75 Å². The summed E-state index contributed by atoms with van der Waals surface area (Å²) in [7, 11) is 0. The largest absolute Gasteiger partial charge is 0.492 e. The van der Waals surface area contributed by atoms with E-state index in [0.717, 1.165) is 29.0 Å². The highest BCUT2D eigenvalue weighted by atomic mass is 79.9. The normalized spacial score (nSPS) is 10.1. The minimum absolute atomic E-state index is 0.727. The molecular formula is C10H13BrOS. The van der Waals surface area contributed by atoms with Crippen molar-refractivity contribution in [1.82, 2.24) is 0 Å². The van der Waals surface area contributed by atoms with Crippen LogP contribution in [0.3, 0.4) is 0 Å². The van der Waals surface area contributed by atoms with Crippen LogP contribution in [0, 0.1) is 6.92 Å². The molecule has 0 heterocycles. The monoisotopic (exact) mass is 260 g/mol. The van der Waals surface area contributed by atoms with E-state index in [1.165, 1.54) is 5.56 Å². The molecule has 0 atom stereocenters. The second-order valence-electron chi connectivity index (χ2n) is 2.86. The second-order valence-corrected chi connectivity index (χ2v) is 4.16. The Kier molecular flexibility index (Phi) is 4.67. The predicted octanol–water partition coefficient (Wildman–Crippen LogP) is 3.46. The molecule has 1 aromatic carbocycles. The molecule has 0 saturated carbocycles. The number of aryl methyl sites for hydroxylation is 1. The number of benzene rings is 1. The van der Waals surface area contributed by atoms with E-state index in [4.69, 9.17) is 4.74 Å². The van der Waals surface area contributed by atoms with Crippen molar-refractivity contribution in [2.24, 2.45) is 0 Å². The molecule has 0 fully saturated rings. The van der Waals surface area contributed by atoms with Crippen molar-refractivity contribution in [2.75, 3.05) is 12.4 Å². The molecule has 3 heteroatoms. The van der Waals surface area contributed by atoms with Gasteiger partial charge in [0.25, 0.3) is 0 Å². The van der Waals surface area contributed by atoms with E-state index in [9.17, 15) is 0 Å². The Labute approximate surface area is 93.0 Å². The summed E-state index contributed by atoms with van der Waals surface area (Å²) in [5.74, 6) is 1.77. The van der Waals surface area contributed by atoms with Crippen molar-refractivity contribution in [2.45, 2.75) is 13.3 Å². The van der Waals surface area contributed by atoms with Gasteiger partial charge in [-0.15, -0.1) is 0 Å². The summed E-state index contributed by atoms with van der Waals surface area (Å²) >= 11 is 7.57. The number of ether oxygens (including phenoxy) is 1. The van der Waals surface area contributed by atoms with Gasteiger partial charge in [0.05, 0.1) is 11.1 Å². The summed E-state index contributed by atoms with van der Waals surface area (Å²) in [6.07, 6.45) is 0.976. The van der Waals surface area contributed by atoms with E-state index in [1.54, 1.807) is 0 Å². The van der Waals surface area contributed by atoms with Crippen molar-refractivity contribution in [1.29, 1.82) is 0 Å². The number of thiol groups is 1.